The van der Waals surface area contributed by atoms with Crippen LogP contribution in [0.1, 0.15) is 16.8 Å². The van der Waals surface area contributed by atoms with Crippen molar-refractivity contribution >= 4 is 34.1 Å². The first-order valence-corrected chi connectivity index (χ1v) is 7.93. The van der Waals surface area contributed by atoms with Crippen LogP contribution in [0.3, 0.4) is 0 Å². The summed E-state index contributed by atoms with van der Waals surface area (Å²) in [5, 5.41) is 10.9. The molecule has 6 nitrogen and oxygen atoms in total. The summed E-state index contributed by atoms with van der Waals surface area (Å²) < 4.78 is 11.2. The van der Waals surface area contributed by atoms with Crippen molar-refractivity contribution in [3.63, 3.8) is 0 Å². The number of rotatable bonds is 2. The number of hydrogen-bond donors (Lipinski definition) is 2. The molecule has 24 heavy (non-hydrogen) atoms. The molecule has 1 aliphatic heterocycles. The van der Waals surface area contributed by atoms with Crippen LogP contribution in [0.4, 0.5) is 5.69 Å². The lowest BCUT2D eigenvalue weighted by Gasteiger charge is -2.12. The van der Waals surface area contributed by atoms with Crippen LogP contribution in [-0.4, -0.2) is 29.3 Å². The zero-order valence-electron chi connectivity index (χ0n) is 12.6. The van der Waals surface area contributed by atoms with Crippen LogP contribution in [0.25, 0.3) is 10.9 Å². The van der Waals surface area contributed by atoms with Crippen molar-refractivity contribution in [3.05, 3.63) is 47.1 Å². The predicted molar refractivity (Wildman–Crippen MR) is 91.1 cm³/mol. The number of carbonyl (C=O) groups is 1. The van der Waals surface area contributed by atoms with Crippen molar-refractivity contribution in [1.82, 2.24) is 10.2 Å². The Hall–Kier alpha value is -2.73. The first kappa shape index (κ1) is 14.8. The SMILES string of the molecule is O=C(Nc1cc2c(cc1Cl)OCCCO2)c1cccc2cn[nH]c12. The molecule has 0 radical (unpaired) electrons. The van der Waals surface area contributed by atoms with Crippen LogP contribution >= 0.6 is 11.6 Å². The summed E-state index contributed by atoms with van der Waals surface area (Å²) in [6, 6.07) is 8.77. The van der Waals surface area contributed by atoms with Crippen LogP contribution in [0, 0.1) is 0 Å². The molecule has 2 N–H and O–H groups in total. The standard InChI is InChI=1S/C17H14ClN3O3/c18-12-7-14-15(24-6-2-5-23-14)8-13(12)20-17(22)11-4-1-3-10-9-19-21-16(10)11/h1,3-4,7-9H,2,5-6H2,(H,19,21)(H,20,22). The maximum Gasteiger partial charge on any atom is 0.257 e. The van der Waals surface area contributed by atoms with Crippen LogP contribution in [0.5, 0.6) is 11.5 Å². The molecule has 1 aromatic heterocycles. The molecular weight excluding hydrogens is 330 g/mol. The van der Waals surface area contributed by atoms with E-state index < -0.39 is 0 Å². The third kappa shape index (κ3) is 2.65. The van der Waals surface area contributed by atoms with Crippen LogP contribution in [0.2, 0.25) is 5.02 Å². The van der Waals surface area contributed by atoms with Gasteiger partial charge in [0.2, 0.25) is 0 Å². The van der Waals surface area contributed by atoms with E-state index in [2.05, 4.69) is 15.5 Å². The number of carbonyl (C=O) groups excluding carboxylic acids is 1. The normalized spacial score (nSPS) is 13.5. The minimum atomic E-state index is -0.277. The van der Waals surface area contributed by atoms with E-state index >= 15 is 0 Å². The quantitative estimate of drug-likeness (QED) is 0.745. The number of anilines is 1. The lowest BCUT2D eigenvalue weighted by molar-refractivity contribution is 0.102. The Morgan fingerprint density at radius 1 is 1.21 bits per heavy atom. The molecule has 2 aromatic carbocycles. The molecule has 0 saturated heterocycles. The van der Waals surface area contributed by atoms with Crippen LogP contribution < -0.4 is 14.8 Å². The molecule has 122 valence electrons. The Morgan fingerprint density at radius 2 is 2.00 bits per heavy atom. The number of fused-ring (bicyclic) bond motifs is 2. The van der Waals surface area contributed by atoms with Gasteiger partial charge in [0, 0.05) is 23.9 Å². The predicted octanol–water partition coefficient (Wildman–Crippen LogP) is 3.63. The largest absolute Gasteiger partial charge is 0.490 e. The van der Waals surface area contributed by atoms with Gasteiger partial charge in [0.25, 0.3) is 5.91 Å². The van der Waals surface area contributed by atoms with Crippen molar-refractivity contribution in [2.75, 3.05) is 18.5 Å². The monoisotopic (exact) mass is 343 g/mol. The number of hydrogen-bond acceptors (Lipinski definition) is 4. The fourth-order valence-corrected chi connectivity index (χ4v) is 2.83. The number of benzene rings is 2. The third-order valence-corrected chi connectivity index (χ3v) is 4.12. The van der Waals surface area contributed by atoms with Gasteiger partial charge in [-0.15, -0.1) is 0 Å². The highest BCUT2D eigenvalue weighted by atomic mass is 35.5. The first-order chi connectivity index (χ1) is 11.7. The smallest absolute Gasteiger partial charge is 0.257 e. The van der Waals surface area contributed by atoms with Gasteiger partial charge in [-0.2, -0.15) is 5.10 Å². The van der Waals surface area contributed by atoms with Crippen molar-refractivity contribution in [3.8, 4) is 11.5 Å². The number of nitrogens with one attached hydrogen (secondary N) is 2. The fourth-order valence-electron chi connectivity index (χ4n) is 2.63. The highest BCUT2D eigenvalue weighted by molar-refractivity contribution is 6.34. The van der Waals surface area contributed by atoms with Gasteiger partial charge in [0.1, 0.15) is 0 Å². The number of halogens is 1. The molecule has 0 atom stereocenters. The van der Waals surface area contributed by atoms with E-state index in [-0.39, 0.29) is 5.91 Å². The Balaban J connectivity index is 1.66. The number of aromatic nitrogens is 2. The summed E-state index contributed by atoms with van der Waals surface area (Å²) in [6.07, 6.45) is 2.47. The van der Waals surface area contributed by atoms with Gasteiger partial charge >= 0.3 is 0 Å². The lowest BCUT2D eigenvalue weighted by Crippen LogP contribution is -2.13. The number of para-hydroxylation sites is 1. The van der Waals surface area contributed by atoms with Gasteiger partial charge in [-0.25, -0.2) is 0 Å². The van der Waals surface area contributed by atoms with Gasteiger partial charge in [-0.05, 0) is 6.07 Å². The molecule has 0 aliphatic carbocycles. The summed E-state index contributed by atoms with van der Waals surface area (Å²) in [7, 11) is 0. The van der Waals surface area contributed by atoms with E-state index in [1.54, 1.807) is 24.4 Å². The van der Waals surface area contributed by atoms with E-state index in [1.165, 1.54) is 0 Å². The second-order valence-electron chi connectivity index (χ2n) is 5.42. The lowest BCUT2D eigenvalue weighted by atomic mass is 10.1. The van der Waals surface area contributed by atoms with Gasteiger partial charge in [-0.3, -0.25) is 9.89 Å². The number of nitrogens with zero attached hydrogens (tertiary/aromatic N) is 1. The second-order valence-corrected chi connectivity index (χ2v) is 5.83. The summed E-state index contributed by atoms with van der Waals surface area (Å²) in [6.45, 7) is 1.15. The average Bonchev–Trinajstić information content (AvgIpc) is 2.95. The number of ether oxygens (including phenoxy) is 2. The van der Waals surface area contributed by atoms with E-state index in [0.29, 0.717) is 46.5 Å². The average molecular weight is 344 g/mol. The second kappa shape index (κ2) is 6.05. The van der Waals surface area contributed by atoms with Gasteiger partial charge in [0.05, 0.1) is 41.2 Å². The van der Waals surface area contributed by atoms with Gasteiger partial charge in [0.15, 0.2) is 11.5 Å². The van der Waals surface area contributed by atoms with Crippen LogP contribution in [-0.2, 0) is 0 Å². The Labute approximate surface area is 142 Å². The van der Waals surface area contributed by atoms with Crippen LogP contribution in [0.15, 0.2) is 36.5 Å². The Kier molecular flexibility index (Phi) is 3.74. The maximum atomic E-state index is 12.6. The molecule has 4 rings (SSSR count). The number of aromatic amines is 1. The summed E-state index contributed by atoms with van der Waals surface area (Å²) in [5.74, 6) is 0.888. The molecule has 0 saturated carbocycles. The molecule has 1 aliphatic rings. The first-order valence-electron chi connectivity index (χ1n) is 7.55. The van der Waals surface area contributed by atoms with E-state index in [9.17, 15) is 4.79 Å². The summed E-state index contributed by atoms with van der Waals surface area (Å²) in [5.41, 5.74) is 1.65. The molecule has 0 bridgehead atoms. The van der Waals surface area contributed by atoms with Gasteiger partial charge < -0.3 is 14.8 Å². The van der Waals surface area contributed by atoms with E-state index in [0.717, 1.165) is 11.8 Å². The molecule has 2 heterocycles. The molecule has 7 heteroatoms. The van der Waals surface area contributed by atoms with Crippen molar-refractivity contribution in [2.45, 2.75) is 6.42 Å². The molecule has 0 fully saturated rings. The number of amides is 1. The highest BCUT2D eigenvalue weighted by Gasteiger charge is 2.17. The fraction of sp³-hybridized carbons (Fsp3) is 0.176. The zero-order chi connectivity index (χ0) is 16.5. The minimum absolute atomic E-state index is 0.277. The van der Waals surface area contributed by atoms with Crippen molar-refractivity contribution < 1.29 is 14.3 Å². The third-order valence-electron chi connectivity index (χ3n) is 3.81. The highest BCUT2D eigenvalue weighted by Crippen LogP contribution is 2.37. The molecule has 1 amide bonds. The minimum Gasteiger partial charge on any atom is -0.490 e. The topological polar surface area (TPSA) is 76.2 Å². The zero-order valence-corrected chi connectivity index (χ0v) is 13.4. The number of H-pyrrole nitrogens is 1. The summed E-state index contributed by atoms with van der Waals surface area (Å²) >= 11 is 6.27. The Morgan fingerprint density at radius 3 is 2.83 bits per heavy atom. The molecule has 3 aromatic rings. The Bertz CT molecular complexity index is 923. The van der Waals surface area contributed by atoms with Gasteiger partial charge in [-0.1, -0.05) is 23.7 Å². The van der Waals surface area contributed by atoms with E-state index in [4.69, 9.17) is 21.1 Å². The molecule has 0 unspecified atom stereocenters. The van der Waals surface area contributed by atoms with E-state index in [1.807, 2.05) is 12.1 Å². The maximum absolute atomic E-state index is 12.6. The summed E-state index contributed by atoms with van der Waals surface area (Å²) in [4.78, 5) is 12.6. The van der Waals surface area contributed by atoms with Crippen molar-refractivity contribution in [2.24, 2.45) is 0 Å². The molecule has 0 spiro atoms. The molecular formula is C17H14ClN3O3. The van der Waals surface area contributed by atoms with Crippen molar-refractivity contribution in [1.29, 1.82) is 0 Å².